The first-order valence-electron chi connectivity index (χ1n) is 14.4. The quantitative estimate of drug-likeness (QED) is 0.211. The van der Waals surface area contributed by atoms with Crippen LogP contribution in [0.2, 0.25) is 0 Å². The number of carbonyl (C=O) groups excluding carboxylic acids is 3. The van der Waals surface area contributed by atoms with Crippen molar-refractivity contribution in [1.29, 1.82) is 0 Å². The molecule has 2 amide bonds. The van der Waals surface area contributed by atoms with Crippen LogP contribution in [0.25, 0.3) is 22.5 Å². The zero-order chi connectivity index (χ0) is 33.2. The van der Waals surface area contributed by atoms with E-state index in [1.807, 2.05) is 25.1 Å². The minimum atomic E-state index is -1.07. The van der Waals surface area contributed by atoms with E-state index in [4.69, 9.17) is 8.83 Å². The van der Waals surface area contributed by atoms with Crippen molar-refractivity contribution in [2.24, 2.45) is 5.92 Å². The third-order valence-corrected chi connectivity index (χ3v) is 7.32. The molecule has 0 aliphatic carbocycles. The average molecular weight is 628 g/mol. The second-order valence-corrected chi connectivity index (χ2v) is 11.6. The molecule has 3 heterocycles. The Morgan fingerprint density at radius 3 is 2.46 bits per heavy atom. The molecule has 2 N–H and O–H groups in total. The Morgan fingerprint density at radius 2 is 1.76 bits per heavy atom. The summed E-state index contributed by atoms with van der Waals surface area (Å²) in [6.45, 7) is 8.50. The zero-order valence-electron chi connectivity index (χ0n) is 26.2. The number of amides is 2. The van der Waals surface area contributed by atoms with Crippen molar-refractivity contribution < 1.29 is 28.0 Å². The van der Waals surface area contributed by atoms with Crippen molar-refractivity contribution in [1.82, 2.24) is 30.0 Å². The zero-order valence-corrected chi connectivity index (χ0v) is 26.2. The fraction of sp³-hybridized carbons (Fsp3) is 0.312. The lowest BCUT2D eigenvalue weighted by atomic mass is 9.93. The highest BCUT2D eigenvalue weighted by molar-refractivity contribution is 5.98. The van der Waals surface area contributed by atoms with Gasteiger partial charge in [0.05, 0.1) is 19.3 Å². The summed E-state index contributed by atoms with van der Waals surface area (Å²) >= 11 is 0. The Bertz CT molecular complexity index is 1980. The van der Waals surface area contributed by atoms with Crippen LogP contribution in [0.5, 0.6) is 0 Å². The van der Waals surface area contributed by atoms with Crippen molar-refractivity contribution >= 4 is 34.6 Å². The molecule has 14 nitrogen and oxygen atoms in total. The Morgan fingerprint density at radius 1 is 1.02 bits per heavy atom. The molecule has 0 radical (unpaired) electrons. The van der Waals surface area contributed by atoms with E-state index in [0.29, 0.717) is 22.6 Å². The van der Waals surface area contributed by atoms with Gasteiger partial charge < -0.3 is 18.9 Å². The van der Waals surface area contributed by atoms with Crippen LogP contribution in [-0.2, 0) is 21.5 Å². The molecular formula is C32H33N7O7. The van der Waals surface area contributed by atoms with Gasteiger partial charge in [0.25, 0.3) is 11.4 Å². The van der Waals surface area contributed by atoms with Gasteiger partial charge in [-0.05, 0) is 44.4 Å². The first kappa shape index (κ1) is 31.8. The molecule has 0 spiro atoms. The predicted molar refractivity (Wildman–Crippen MR) is 166 cm³/mol. The maximum absolute atomic E-state index is 13.6. The van der Waals surface area contributed by atoms with Gasteiger partial charge >= 0.3 is 6.09 Å². The fourth-order valence-corrected chi connectivity index (χ4v) is 4.70. The number of hydrogen-bond donors (Lipinski definition) is 2. The third kappa shape index (κ3) is 6.41. The molecular weight excluding hydrogens is 594 g/mol. The van der Waals surface area contributed by atoms with Gasteiger partial charge in [-0.15, -0.1) is 10.2 Å². The molecule has 0 bridgehead atoms. The number of ether oxygens (including phenoxy) is 1. The summed E-state index contributed by atoms with van der Waals surface area (Å²) in [6.07, 6.45) is 0.314. The second-order valence-electron chi connectivity index (χ2n) is 11.6. The lowest BCUT2D eigenvalue weighted by Crippen LogP contribution is -2.46. The first-order valence-corrected chi connectivity index (χ1v) is 14.4. The molecule has 46 heavy (non-hydrogen) atoms. The molecule has 0 saturated carbocycles. The molecule has 0 aliphatic heterocycles. The number of fused-ring (bicyclic) bond motifs is 1. The van der Waals surface area contributed by atoms with Crippen LogP contribution in [0, 0.1) is 12.8 Å². The summed E-state index contributed by atoms with van der Waals surface area (Å²) in [5, 5.41) is 13.1. The third-order valence-electron chi connectivity index (χ3n) is 7.32. The maximum atomic E-state index is 13.6. The van der Waals surface area contributed by atoms with Gasteiger partial charge in [-0.1, -0.05) is 50.2 Å². The smallest absolute Gasteiger partial charge is 0.411 e. The highest BCUT2D eigenvalue weighted by Crippen LogP contribution is 2.32. The largest absolute Gasteiger partial charge is 0.453 e. The number of nitrogens with one attached hydrogen (secondary N) is 2. The molecule has 0 unspecified atom stereocenters. The minimum absolute atomic E-state index is 0.105. The molecule has 2 aromatic carbocycles. The predicted octanol–water partition coefficient (Wildman–Crippen LogP) is 4.27. The molecule has 5 rings (SSSR count). The molecule has 1 atom stereocenters. The summed E-state index contributed by atoms with van der Waals surface area (Å²) < 4.78 is 17.5. The SMILES string of the molecule is COC(=O)Nc1cnc(-c2ccccc2)n(CC(=O)N[C@@H](C(=O)c2nnc(C(C)(C)c3nc4ccc(C)cc4o3)o2)C(C)C)c1=O. The molecule has 0 aliphatic rings. The number of aryl methyl sites for hydroxylation is 1. The Kier molecular flexibility index (Phi) is 8.80. The number of aromatic nitrogens is 5. The normalized spacial score (nSPS) is 12.2. The number of rotatable bonds is 10. The first-order chi connectivity index (χ1) is 21.9. The molecule has 14 heteroatoms. The van der Waals surface area contributed by atoms with E-state index >= 15 is 0 Å². The van der Waals surface area contributed by atoms with Gasteiger partial charge in [0.2, 0.25) is 23.5 Å². The number of ketones is 1. The van der Waals surface area contributed by atoms with Crippen molar-refractivity contribution in [3.8, 4) is 11.4 Å². The van der Waals surface area contributed by atoms with Crippen molar-refractivity contribution in [2.45, 2.75) is 52.6 Å². The number of Topliss-reactive ketones (excluding diaryl/α,β-unsaturated/α-hetero) is 1. The second kappa shape index (κ2) is 12.8. The van der Waals surface area contributed by atoms with Gasteiger partial charge in [0.1, 0.15) is 29.0 Å². The van der Waals surface area contributed by atoms with Crippen LogP contribution in [0.3, 0.4) is 0 Å². The van der Waals surface area contributed by atoms with Gasteiger partial charge in [-0.25, -0.2) is 14.8 Å². The fourth-order valence-electron chi connectivity index (χ4n) is 4.70. The molecule has 3 aromatic heterocycles. The topological polar surface area (TPSA) is 184 Å². The maximum Gasteiger partial charge on any atom is 0.411 e. The van der Waals surface area contributed by atoms with E-state index in [9.17, 15) is 19.2 Å². The summed E-state index contributed by atoms with van der Waals surface area (Å²) in [4.78, 5) is 61.0. The summed E-state index contributed by atoms with van der Waals surface area (Å²) in [7, 11) is 1.15. The highest BCUT2D eigenvalue weighted by atomic mass is 16.5. The molecule has 238 valence electrons. The number of hydrogen-bond acceptors (Lipinski definition) is 11. The van der Waals surface area contributed by atoms with Gasteiger partial charge in [0.15, 0.2) is 5.58 Å². The lowest BCUT2D eigenvalue weighted by molar-refractivity contribution is -0.122. The van der Waals surface area contributed by atoms with Crippen LogP contribution in [0.15, 0.2) is 68.4 Å². The van der Waals surface area contributed by atoms with Crippen LogP contribution >= 0.6 is 0 Å². The van der Waals surface area contributed by atoms with Gasteiger partial charge in [-0.2, -0.15) is 0 Å². The van der Waals surface area contributed by atoms with E-state index < -0.39 is 47.3 Å². The Labute approximate surface area is 263 Å². The Balaban J connectivity index is 1.39. The molecule has 5 aromatic rings. The minimum Gasteiger partial charge on any atom is -0.453 e. The monoisotopic (exact) mass is 627 g/mol. The van der Waals surface area contributed by atoms with Crippen LogP contribution in [0.4, 0.5) is 10.5 Å². The molecule has 0 fully saturated rings. The number of nitrogens with zero attached hydrogens (tertiary/aromatic N) is 5. The van der Waals surface area contributed by atoms with Crippen LogP contribution in [-0.4, -0.2) is 55.7 Å². The van der Waals surface area contributed by atoms with Crippen LogP contribution < -0.4 is 16.2 Å². The number of methoxy groups -OCH3 is 1. The van der Waals surface area contributed by atoms with E-state index in [-0.39, 0.29) is 23.3 Å². The summed E-state index contributed by atoms with van der Waals surface area (Å²) in [5.41, 5.74) is 0.999. The van der Waals surface area contributed by atoms with E-state index in [1.54, 1.807) is 58.0 Å². The number of carbonyl (C=O) groups is 3. The van der Waals surface area contributed by atoms with Crippen molar-refractivity contribution in [3.05, 3.63) is 88.3 Å². The summed E-state index contributed by atoms with van der Waals surface area (Å²) in [6, 6.07) is 13.3. The van der Waals surface area contributed by atoms with Gasteiger partial charge in [0, 0.05) is 5.56 Å². The van der Waals surface area contributed by atoms with Crippen LogP contribution in [0.1, 0.15) is 55.7 Å². The lowest BCUT2D eigenvalue weighted by Gasteiger charge is -2.21. The van der Waals surface area contributed by atoms with E-state index in [1.165, 1.54) is 6.20 Å². The number of oxazole rings is 1. The van der Waals surface area contributed by atoms with E-state index in [2.05, 4.69) is 35.5 Å². The Hall–Kier alpha value is -5.66. The number of benzene rings is 2. The van der Waals surface area contributed by atoms with Gasteiger partial charge in [-0.3, -0.25) is 24.3 Å². The number of anilines is 1. The average Bonchev–Trinajstić information content (AvgIpc) is 3.70. The standard InChI is InChI=1S/C32H33N7O7/c1-17(2)24(25(41)27-37-38-30(46-27)32(4,5)29-34-20-13-12-18(3)14-22(20)45-29)36-23(40)16-39-26(19-10-8-7-9-11-19)33-15-21(28(39)42)35-31(43)44-6/h7-15,17,24H,16H2,1-6H3,(H,35,43)(H,36,40)/t24-/m1/s1. The van der Waals surface area contributed by atoms with E-state index in [0.717, 1.165) is 17.2 Å². The van der Waals surface area contributed by atoms with Crippen molar-refractivity contribution in [3.63, 3.8) is 0 Å². The molecule has 0 saturated heterocycles. The van der Waals surface area contributed by atoms with Crippen molar-refractivity contribution in [2.75, 3.05) is 12.4 Å². The highest BCUT2D eigenvalue weighted by Gasteiger charge is 2.37. The summed E-state index contributed by atoms with van der Waals surface area (Å²) in [5.74, 6) is -1.35.